The van der Waals surface area contributed by atoms with Crippen LogP contribution in [0.2, 0.25) is 0 Å². The van der Waals surface area contributed by atoms with E-state index in [-0.39, 0.29) is 28.9 Å². The zero-order valence-corrected chi connectivity index (χ0v) is 22.5. The Hall–Kier alpha value is -3.85. The fourth-order valence-corrected chi connectivity index (χ4v) is 6.19. The number of aliphatic hydroxyl groups excluding tert-OH is 1. The van der Waals surface area contributed by atoms with Gasteiger partial charge in [0.2, 0.25) is 0 Å². The lowest BCUT2D eigenvalue weighted by atomic mass is 9.63. The average molecular weight is 535 g/mol. The highest BCUT2D eigenvalue weighted by atomic mass is 16.6. The molecule has 3 heterocycles. The summed E-state index contributed by atoms with van der Waals surface area (Å²) < 4.78 is 18.6. The van der Waals surface area contributed by atoms with Gasteiger partial charge in [-0.3, -0.25) is 4.79 Å². The molecule has 0 amide bonds. The Kier molecular flexibility index (Phi) is 6.88. The number of aromatic hydroxyl groups is 1. The van der Waals surface area contributed by atoms with Crippen molar-refractivity contribution in [3.63, 3.8) is 0 Å². The number of aliphatic hydroxyl groups is 1. The molecule has 206 valence electrons. The highest BCUT2D eigenvalue weighted by Crippen LogP contribution is 2.56. The van der Waals surface area contributed by atoms with E-state index < -0.39 is 35.1 Å². The van der Waals surface area contributed by atoms with Gasteiger partial charge in [-0.1, -0.05) is 25.0 Å². The van der Waals surface area contributed by atoms with Crippen LogP contribution in [-0.2, 0) is 29.0 Å². The van der Waals surface area contributed by atoms with Gasteiger partial charge in [0, 0.05) is 41.3 Å². The zero-order chi connectivity index (χ0) is 27.9. The average Bonchev–Trinajstić information content (AvgIpc) is 3.40. The molecule has 1 fully saturated rings. The first-order chi connectivity index (χ1) is 18.6. The molecule has 39 heavy (non-hydrogen) atoms. The van der Waals surface area contributed by atoms with Gasteiger partial charge in [-0.05, 0) is 51.7 Å². The Morgan fingerprint density at radius 2 is 2.03 bits per heavy atom. The van der Waals surface area contributed by atoms with Gasteiger partial charge in [-0.25, -0.2) is 9.78 Å². The number of anilines is 1. The molecule has 0 radical (unpaired) electrons. The summed E-state index contributed by atoms with van der Waals surface area (Å²) in [6.07, 6.45) is 7.14. The standard InChI is InChI=1S/C30H34N2O7/c1-4-17(2)28(36)38-24-12-20-22(13-23-26(27(20)35)21(34)11-19(16-33)37-23)39-29(24,3)30(9-5-6-10-30)14-18-7-8-25(31)32-15-18/h4,7-8,11,13,15,24,33,35H,5-6,9-10,12,14,16H2,1-3H3,(H2,31,32)/b17-4-/t24-,29-/m1/s1. The van der Waals surface area contributed by atoms with E-state index in [0.717, 1.165) is 37.3 Å². The van der Waals surface area contributed by atoms with Crippen LogP contribution in [0.4, 0.5) is 5.82 Å². The zero-order valence-electron chi connectivity index (χ0n) is 22.5. The van der Waals surface area contributed by atoms with Crippen LogP contribution in [0.3, 0.4) is 0 Å². The second-order valence-electron chi connectivity index (χ2n) is 10.8. The minimum Gasteiger partial charge on any atom is -0.507 e. The molecule has 1 aliphatic heterocycles. The highest BCUT2D eigenvalue weighted by Gasteiger charge is 2.59. The summed E-state index contributed by atoms with van der Waals surface area (Å²) in [5.41, 5.74) is 5.90. The third-order valence-corrected chi connectivity index (χ3v) is 8.60. The number of aromatic nitrogens is 1. The van der Waals surface area contributed by atoms with E-state index in [9.17, 15) is 19.8 Å². The number of allylic oxidation sites excluding steroid dienone is 1. The number of carbonyl (C=O) groups is 1. The predicted octanol–water partition coefficient (Wildman–Crippen LogP) is 4.34. The second kappa shape index (κ2) is 10.0. The molecule has 5 rings (SSSR count). The number of ether oxygens (including phenoxy) is 2. The summed E-state index contributed by atoms with van der Waals surface area (Å²) in [7, 11) is 0. The number of nitrogens with two attached hydrogens (primary N) is 1. The number of esters is 1. The van der Waals surface area contributed by atoms with Crippen molar-refractivity contribution < 1.29 is 28.9 Å². The number of benzene rings is 1. The van der Waals surface area contributed by atoms with Crippen molar-refractivity contribution in [3.05, 3.63) is 69.2 Å². The van der Waals surface area contributed by atoms with Gasteiger partial charge in [0.05, 0.1) is 0 Å². The number of nitrogen functional groups attached to an aromatic ring is 1. The number of hydrogen-bond donors (Lipinski definition) is 3. The van der Waals surface area contributed by atoms with E-state index in [2.05, 4.69) is 4.98 Å². The largest absolute Gasteiger partial charge is 0.507 e. The molecule has 4 N–H and O–H groups in total. The van der Waals surface area contributed by atoms with Gasteiger partial charge in [0.15, 0.2) is 5.43 Å². The van der Waals surface area contributed by atoms with E-state index in [1.54, 1.807) is 38.3 Å². The molecule has 0 saturated heterocycles. The number of hydrogen-bond acceptors (Lipinski definition) is 9. The monoisotopic (exact) mass is 534 g/mol. The van der Waals surface area contributed by atoms with Gasteiger partial charge >= 0.3 is 5.97 Å². The van der Waals surface area contributed by atoms with Gasteiger partial charge in [-0.15, -0.1) is 0 Å². The van der Waals surface area contributed by atoms with Crippen LogP contribution in [0.5, 0.6) is 11.5 Å². The quantitative estimate of drug-likeness (QED) is 0.310. The molecule has 9 heteroatoms. The van der Waals surface area contributed by atoms with Crippen LogP contribution in [0.1, 0.15) is 63.3 Å². The number of nitrogens with zero attached hydrogens (tertiary/aromatic N) is 1. The third-order valence-electron chi connectivity index (χ3n) is 8.60. The van der Waals surface area contributed by atoms with Gasteiger partial charge in [-0.2, -0.15) is 0 Å². The summed E-state index contributed by atoms with van der Waals surface area (Å²) in [4.78, 5) is 30.1. The molecule has 1 aliphatic carbocycles. The molecule has 9 nitrogen and oxygen atoms in total. The van der Waals surface area contributed by atoms with E-state index in [1.807, 2.05) is 13.0 Å². The first kappa shape index (κ1) is 26.7. The van der Waals surface area contributed by atoms with E-state index in [0.29, 0.717) is 29.1 Å². The number of carbonyl (C=O) groups excluding carboxylic acids is 1. The molecule has 2 aliphatic rings. The minimum absolute atomic E-state index is 0.00334. The molecular weight excluding hydrogens is 500 g/mol. The maximum Gasteiger partial charge on any atom is 0.333 e. The molecular formula is C30H34N2O7. The lowest BCUT2D eigenvalue weighted by Gasteiger charge is -2.52. The molecule has 1 saturated carbocycles. The van der Waals surface area contributed by atoms with Crippen LogP contribution in [0, 0.1) is 5.41 Å². The van der Waals surface area contributed by atoms with Crippen LogP contribution in [0.25, 0.3) is 11.0 Å². The van der Waals surface area contributed by atoms with E-state index >= 15 is 0 Å². The van der Waals surface area contributed by atoms with Crippen LogP contribution in [-0.4, -0.2) is 32.9 Å². The molecule has 2 aromatic heterocycles. The van der Waals surface area contributed by atoms with Crippen LogP contribution >= 0.6 is 0 Å². The molecule has 1 aromatic carbocycles. The summed E-state index contributed by atoms with van der Waals surface area (Å²) in [5.74, 6) is 0.151. The van der Waals surface area contributed by atoms with Crippen LogP contribution < -0.4 is 15.9 Å². The Morgan fingerprint density at radius 1 is 1.28 bits per heavy atom. The van der Waals surface area contributed by atoms with Crippen molar-refractivity contribution in [2.75, 3.05) is 5.73 Å². The summed E-state index contributed by atoms with van der Waals surface area (Å²) in [6.45, 7) is 4.98. The molecule has 0 unspecified atom stereocenters. The predicted molar refractivity (Wildman–Crippen MR) is 145 cm³/mol. The number of phenolic OH excluding ortho intramolecular Hbond substituents is 1. The van der Waals surface area contributed by atoms with Crippen LogP contribution in [0.15, 0.2) is 51.3 Å². The first-order valence-corrected chi connectivity index (χ1v) is 13.3. The Labute approximate surface area is 226 Å². The maximum absolute atomic E-state index is 13.1. The minimum atomic E-state index is -0.990. The van der Waals surface area contributed by atoms with Crippen molar-refractivity contribution in [1.29, 1.82) is 0 Å². The summed E-state index contributed by atoms with van der Waals surface area (Å²) >= 11 is 0. The smallest absolute Gasteiger partial charge is 0.333 e. The summed E-state index contributed by atoms with van der Waals surface area (Å²) in [5, 5.41) is 20.8. The van der Waals surface area contributed by atoms with Gasteiger partial charge < -0.3 is 29.8 Å². The third kappa shape index (κ3) is 4.54. The fourth-order valence-electron chi connectivity index (χ4n) is 6.19. The van der Waals surface area contributed by atoms with E-state index in [1.165, 1.54) is 0 Å². The lowest BCUT2D eigenvalue weighted by molar-refractivity contribution is -0.177. The highest BCUT2D eigenvalue weighted by molar-refractivity contribution is 5.88. The molecule has 3 aromatic rings. The van der Waals surface area contributed by atoms with Crippen molar-refractivity contribution in [2.24, 2.45) is 5.41 Å². The number of pyridine rings is 1. The van der Waals surface area contributed by atoms with Gasteiger partial charge in [0.1, 0.15) is 52.4 Å². The SMILES string of the molecule is C/C=C(/C)C(=O)O[C@@H]1Cc2c(cc3oc(CO)cc(=O)c3c2O)O[C@@]1(C)C1(Cc2ccc(N)nc2)CCCC1. The molecule has 2 atom stereocenters. The number of phenols is 1. The number of rotatable bonds is 6. The molecule has 0 bridgehead atoms. The Balaban J connectivity index is 1.67. The van der Waals surface area contributed by atoms with Crippen molar-refractivity contribution in [3.8, 4) is 11.5 Å². The second-order valence-corrected chi connectivity index (χ2v) is 10.8. The van der Waals surface area contributed by atoms with Gasteiger partial charge in [0.25, 0.3) is 0 Å². The van der Waals surface area contributed by atoms with Crippen molar-refractivity contribution in [1.82, 2.24) is 4.98 Å². The topological polar surface area (TPSA) is 145 Å². The maximum atomic E-state index is 13.1. The normalized spacial score (nSPS) is 22.4. The molecule has 0 spiro atoms. The fraction of sp³-hybridized carbons (Fsp3) is 0.433. The Morgan fingerprint density at radius 3 is 2.67 bits per heavy atom. The Bertz CT molecular complexity index is 1500. The van der Waals surface area contributed by atoms with E-state index in [4.69, 9.17) is 19.6 Å². The van der Waals surface area contributed by atoms with Crippen molar-refractivity contribution in [2.45, 2.75) is 77.6 Å². The lowest BCUT2D eigenvalue weighted by Crippen LogP contribution is -2.61. The van der Waals surface area contributed by atoms with Crippen molar-refractivity contribution >= 4 is 22.8 Å². The number of fused-ring (bicyclic) bond motifs is 2. The first-order valence-electron chi connectivity index (χ1n) is 13.3. The summed E-state index contributed by atoms with van der Waals surface area (Å²) in [6, 6.07) is 6.47.